The van der Waals surface area contributed by atoms with Gasteiger partial charge in [0.05, 0.1) is 19.3 Å². The number of benzene rings is 1. The van der Waals surface area contributed by atoms with Crippen molar-refractivity contribution in [3.8, 4) is 0 Å². The average Bonchev–Trinajstić information content (AvgIpc) is 2.47. The summed E-state index contributed by atoms with van der Waals surface area (Å²) < 4.78 is 8.82. The summed E-state index contributed by atoms with van der Waals surface area (Å²) in [7, 11) is 2.15. The van der Waals surface area contributed by atoms with Crippen molar-refractivity contribution in [3.63, 3.8) is 0 Å². The number of hydrogen-bond acceptors (Lipinski definition) is 5. The Morgan fingerprint density at radius 2 is 1.55 bits per heavy atom. The van der Waals surface area contributed by atoms with Gasteiger partial charge in [0, 0.05) is 6.08 Å². The van der Waals surface area contributed by atoms with Gasteiger partial charge < -0.3 is 9.47 Å². The molecule has 6 heteroatoms. The molecule has 0 aliphatic rings. The van der Waals surface area contributed by atoms with Crippen LogP contribution in [0.15, 0.2) is 36.4 Å². The number of halogens is 1. The van der Waals surface area contributed by atoms with Gasteiger partial charge in [-0.05, 0) is 5.56 Å². The van der Waals surface area contributed by atoms with Gasteiger partial charge in [-0.2, -0.15) is 0 Å². The van der Waals surface area contributed by atoms with E-state index in [-0.39, 0.29) is 5.03 Å². The van der Waals surface area contributed by atoms with E-state index in [1.165, 1.54) is 0 Å². The number of ketones is 1. The van der Waals surface area contributed by atoms with Crippen molar-refractivity contribution in [1.82, 2.24) is 0 Å². The van der Waals surface area contributed by atoms with Gasteiger partial charge in [-0.25, -0.2) is 0 Å². The maximum atomic E-state index is 12.0. The Bertz CT molecular complexity index is 520. The molecule has 0 radical (unpaired) electrons. The highest BCUT2D eigenvalue weighted by molar-refractivity contribution is 6.50. The second-order valence-corrected chi connectivity index (χ2v) is 4.15. The number of esters is 2. The van der Waals surface area contributed by atoms with Crippen LogP contribution in [-0.2, 0) is 23.9 Å². The van der Waals surface area contributed by atoms with Crippen LogP contribution < -0.4 is 0 Å². The molecule has 0 spiro atoms. The zero-order valence-electron chi connectivity index (χ0n) is 11.0. The zero-order chi connectivity index (χ0) is 15.1. The number of ether oxygens (including phenoxy) is 2. The molecule has 20 heavy (non-hydrogen) atoms. The van der Waals surface area contributed by atoms with E-state index in [9.17, 15) is 14.4 Å². The zero-order valence-corrected chi connectivity index (χ0v) is 11.7. The minimum Gasteiger partial charge on any atom is -0.468 e. The van der Waals surface area contributed by atoms with E-state index in [0.717, 1.165) is 20.3 Å². The van der Waals surface area contributed by atoms with Gasteiger partial charge in [0.2, 0.25) is 5.92 Å². The van der Waals surface area contributed by atoms with Gasteiger partial charge in [-0.3, -0.25) is 14.4 Å². The summed E-state index contributed by atoms with van der Waals surface area (Å²) in [5.74, 6) is -4.44. The lowest BCUT2D eigenvalue weighted by Gasteiger charge is -2.09. The molecule has 0 saturated carbocycles. The van der Waals surface area contributed by atoms with Crippen LogP contribution in [0.1, 0.15) is 5.56 Å². The molecule has 0 amide bonds. The summed E-state index contributed by atoms with van der Waals surface area (Å²) in [6.07, 6.45) is 1.01. The predicted octanol–water partition coefficient (Wildman–Crippen LogP) is 1.80. The third-order valence-corrected chi connectivity index (χ3v) is 2.80. The van der Waals surface area contributed by atoms with Crippen LogP contribution in [0.3, 0.4) is 0 Å². The number of hydrogen-bond donors (Lipinski definition) is 0. The smallest absolute Gasteiger partial charge is 0.328 e. The minimum atomic E-state index is -1.66. The normalized spacial score (nSPS) is 11.1. The number of rotatable bonds is 5. The highest BCUT2D eigenvalue weighted by Gasteiger charge is 2.35. The van der Waals surface area contributed by atoms with E-state index >= 15 is 0 Å². The maximum Gasteiger partial charge on any atom is 0.328 e. The Morgan fingerprint density at radius 1 is 1.05 bits per heavy atom. The van der Waals surface area contributed by atoms with Crippen molar-refractivity contribution in [1.29, 1.82) is 0 Å². The van der Waals surface area contributed by atoms with Crippen LogP contribution in [-0.4, -0.2) is 31.9 Å². The molecule has 1 aromatic rings. The number of allylic oxidation sites excluding steroid dienone is 1. The van der Waals surface area contributed by atoms with Gasteiger partial charge in [0.25, 0.3) is 0 Å². The highest BCUT2D eigenvalue weighted by atomic mass is 35.5. The van der Waals surface area contributed by atoms with E-state index in [2.05, 4.69) is 9.47 Å². The maximum absolute atomic E-state index is 12.0. The standard InChI is InChI=1S/C14H13ClO5/c1-19-13(17)12(14(18)20-2)11(16)8-10(15)9-6-4-3-5-7-9/h3-8,12H,1-2H3/b10-8-. The van der Waals surface area contributed by atoms with Crippen LogP contribution in [0.5, 0.6) is 0 Å². The first-order chi connectivity index (χ1) is 9.51. The van der Waals surface area contributed by atoms with Crippen LogP contribution in [0.25, 0.3) is 5.03 Å². The first-order valence-corrected chi connectivity index (χ1v) is 6.01. The molecule has 5 nitrogen and oxygen atoms in total. The Morgan fingerprint density at radius 3 is 2.00 bits per heavy atom. The van der Waals surface area contributed by atoms with Crippen molar-refractivity contribution in [2.45, 2.75) is 0 Å². The summed E-state index contributed by atoms with van der Waals surface area (Å²) >= 11 is 5.98. The molecular weight excluding hydrogens is 284 g/mol. The van der Waals surface area contributed by atoms with Crippen LogP contribution in [0, 0.1) is 5.92 Å². The summed E-state index contributed by atoms with van der Waals surface area (Å²) in [6, 6.07) is 8.66. The molecule has 0 aliphatic heterocycles. The first-order valence-electron chi connectivity index (χ1n) is 5.63. The van der Waals surface area contributed by atoms with E-state index < -0.39 is 23.6 Å². The molecule has 0 unspecified atom stereocenters. The van der Waals surface area contributed by atoms with Crippen molar-refractivity contribution >= 4 is 34.4 Å². The van der Waals surface area contributed by atoms with E-state index in [1.54, 1.807) is 30.3 Å². The predicted molar refractivity (Wildman–Crippen MR) is 72.8 cm³/mol. The third kappa shape index (κ3) is 3.93. The van der Waals surface area contributed by atoms with E-state index in [1.807, 2.05) is 0 Å². The fraction of sp³-hybridized carbons (Fsp3) is 0.214. The SMILES string of the molecule is COC(=O)C(C(=O)/C=C(\Cl)c1ccccc1)C(=O)OC. The first kappa shape index (κ1) is 15.9. The van der Waals surface area contributed by atoms with Gasteiger partial charge in [0.15, 0.2) is 5.78 Å². The van der Waals surface area contributed by atoms with Crippen LogP contribution in [0.4, 0.5) is 0 Å². The molecule has 0 atom stereocenters. The Hall–Kier alpha value is -2.14. The molecule has 0 bridgehead atoms. The average molecular weight is 297 g/mol. The minimum absolute atomic E-state index is 0.119. The van der Waals surface area contributed by atoms with E-state index in [0.29, 0.717) is 5.56 Å². The van der Waals surface area contributed by atoms with Crippen molar-refractivity contribution in [2.75, 3.05) is 14.2 Å². The van der Waals surface area contributed by atoms with E-state index in [4.69, 9.17) is 11.6 Å². The van der Waals surface area contributed by atoms with Crippen LogP contribution in [0.2, 0.25) is 0 Å². The summed E-state index contributed by atoms with van der Waals surface area (Å²) in [5.41, 5.74) is 0.594. The monoisotopic (exact) mass is 296 g/mol. The molecule has 1 aromatic carbocycles. The molecule has 1 rings (SSSR count). The van der Waals surface area contributed by atoms with Gasteiger partial charge in [0.1, 0.15) is 0 Å². The Balaban J connectivity index is 3.02. The van der Waals surface area contributed by atoms with Crippen LogP contribution >= 0.6 is 11.6 Å². The summed E-state index contributed by atoms with van der Waals surface area (Å²) in [4.78, 5) is 34.9. The highest BCUT2D eigenvalue weighted by Crippen LogP contribution is 2.19. The number of methoxy groups -OCH3 is 2. The second-order valence-electron chi connectivity index (χ2n) is 3.74. The fourth-order valence-corrected chi connectivity index (χ4v) is 1.69. The molecule has 0 aliphatic carbocycles. The van der Waals surface area contributed by atoms with Crippen molar-refractivity contribution < 1.29 is 23.9 Å². The lowest BCUT2D eigenvalue weighted by Crippen LogP contribution is -2.32. The molecule has 0 N–H and O–H groups in total. The van der Waals surface area contributed by atoms with Gasteiger partial charge in [-0.1, -0.05) is 41.9 Å². The molecule has 0 heterocycles. The second kappa shape index (κ2) is 7.45. The quantitative estimate of drug-likeness (QED) is 0.471. The molecule has 0 aromatic heterocycles. The lowest BCUT2D eigenvalue weighted by atomic mass is 10.0. The number of carbonyl (C=O) groups excluding carboxylic acids is 3. The lowest BCUT2D eigenvalue weighted by molar-refractivity contribution is -0.160. The molecule has 0 fully saturated rings. The summed E-state index contributed by atoms with van der Waals surface area (Å²) in [5, 5.41) is 0.119. The molecule has 0 saturated heterocycles. The van der Waals surface area contributed by atoms with Crippen molar-refractivity contribution in [3.05, 3.63) is 42.0 Å². The Labute approximate surface area is 121 Å². The summed E-state index contributed by atoms with van der Waals surface area (Å²) in [6.45, 7) is 0. The topological polar surface area (TPSA) is 69.7 Å². The van der Waals surface area contributed by atoms with Gasteiger partial charge in [-0.15, -0.1) is 0 Å². The fourth-order valence-electron chi connectivity index (χ4n) is 1.45. The molecule has 106 valence electrons. The third-order valence-electron chi connectivity index (χ3n) is 2.48. The Kier molecular flexibility index (Phi) is 5.93. The van der Waals surface area contributed by atoms with Crippen molar-refractivity contribution in [2.24, 2.45) is 5.92 Å². The molecular formula is C14H13ClO5. The largest absolute Gasteiger partial charge is 0.468 e. The number of carbonyl (C=O) groups is 3. The van der Waals surface area contributed by atoms with Gasteiger partial charge >= 0.3 is 11.9 Å².